The lowest BCUT2D eigenvalue weighted by molar-refractivity contribution is 1.02. The lowest BCUT2D eigenvalue weighted by Gasteiger charge is -2.32. The van der Waals surface area contributed by atoms with Crippen LogP contribution in [0.2, 0.25) is 0 Å². The molecule has 0 aromatic heterocycles. The molecule has 4 heteroatoms. The van der Waals surface area contributed by atoms with Crippen LogP contribution in [0.1, 0.15) is 69.2 Å². The Kier molecular flexibility index (Phi) is 13.2. The van der Waals surface area contributed by atoms with Crippen LogP contribution >= 0.6 is 31.7 Å². The third-order valence-corrected chi connectivity index (χ3v) is 17.8. The molecule has 0 fully saturated rings. The summed E-state index contributed by atoms with van der Waals surface area (Å²) < 4.78 is 0. The van der Waals surface area contributed by atoms with E-state index in [0.29, 0.717) is 11.3 Å². The van der Waals surface area contributed by atoms with E-state index >= 15 is 0 Å². The number of benzene rings is 2. The van der Waals surface area contributed by atoms with Crippen LogP contribution in [0.4, 0.5) is 0 Å². The summed E-state index contributed by atoms with van der Waals surface area (Å²) in [4.78, 5) is 0. The third kappa shape index (κ3) is 6.92. The molecule has 34 heavy (non-hydrogen) atoms. The van der Waals surface area contributed by atoms with Crippen molar-refractivity contribution in [1.29, 1.82) is 0 Å². The second kappa shape index (κ2) is 14.8. The molecule has 0 aliphatic rings. The zero-order valence-corrected chi connectivity index (χ0v) is 27.2. The van der Waals surface area contributed by atoms with Crippen molar-refractivity contribution in [2.75, 3.05) is 37.0 Å². The molecule has 0 unspecified atom stereocenters. The maximum absolute atomic E-state index is 2.71. The van der Waals surface area contributed by atoms with Gasteiger partial charge in [-0.2, -0.15) is 0 Å². The molecule has 190 valence electrons. The van der Waals surface area contributed by atoms with Gasteiger partial charge in [0.05, 0.1) is 0 Å². The Labute approximate surface area is 217 Å². The van der Waals surface area contributed by atoms with Crippen molar-refractivity contribution in [3.63, 3.8) is 0 Å². The second-order valence-electron chi connectivity index (χ2n) is 9.49. The predicted molar refractivity (Wildman–Crippen MR) is 172 cm³/mol. The first-order valence-electron chi connectivity index (χ1n) is 13.6. The maximum Gasteiger partial charge on any atom is -0.00231 e. The normalized spacial score (nSPS) is 12.4. The van der Waals surface area contributed by atoms with Crippen LogP contribution in [0.15, 0.2) is 36.4 Å². The van der Waals surface area contributed by atoms with Gasteiger partial charge >= 0.3 is 0 Å². The van der Waals surface area contributed by atoms with Gasteiger partial charge in [0, 0.05) is 0 Å². The fourth-order valence-electron chi connectivity index (χ4n) is 5.33. The Morgan fingerprint density at radius 2 is 0.971 bits per heavy atom. The molecule has 0 nitrogen and oxygen atoms in total. The molecule has 0 bridgehead atoms. The Bertz CT molecular complexity index is 836. The van der Waals surface area contributed by atoms with Gasteiger partial charge in [-0.25, -0.2) is 0 Å². The van der Waals surface area contributed by atoms with Crippen LogP contribution in [0, 0.1) is 0 Å². The average molecular weight is 535 g/mol. The summed E-state index contributed by atoms with van der Waals surface area (Å²) in [6.07, 6.45) is 7.77. The first-order chi connectivity index (χ1) is 16.3. The minimum atomic E-state index is -0.206. The van der Waals surface area contributed by atoms with Gasteiger partial charge in [0.15, 0.2) is 0 Å². The minimum Gasteiger partial charge on any atom is -0.0758 e. The van der Waals surface area contributed by atoms with Crippen molar-refractivity contribution >= 4 is 52.9 Å². The highest BCUT2D eigenvalue weighted by Crippen LogP contribution is 2.49. The van der Waals surface area contributed by atoms with Crippen molar-refractivity contribution in [3.8, 4) is 11.1 Å². The van der Waals surface area contributed by atoms with E-state index in [-0.39, 0.29) is 31.7 Å². The van der Waals surface area contributed by atoms with Crippen molar-refractivity contribution < 1.29 is 0 Å². The van der Waals surface area contributed by atoms with E-state index < -0.39 is 0 Å². The molecule has 0 saturated carbocycles. The number of hydrogen-bond acceptors (Lipinski definition) is 0. The van der Waals surface area contributed by atoms with Gasteiger partial charge in [-0.3, -0.25) is 0 Å². The highest BCUT2D eigenvalue weighted by Gasteiger charge is 2.28. The fraction of sp³-hybridized carbons (Fsp3) is 0.600. The lowest BCUT2D eigenvalue weighted by atomic mass is 10.1. The summed E-state index contributed by atoms with van der Waals surface area (Å²) in [5, 5.41) is 6.79. The highest BCUT2D eigenvalue weighted by atomic mass is 31.1. The minimum absolute atomic E-state index is 0.0505. The van der Waals surface area contributed by atoms with Crippen LogP contribution in [-0.2, 0) is 0 Å². The molecule has 0 N–H and O–H groups in total. The van der Waals surface area contributed by atoms with E-state index in [1.807, 2.05) is 0 Å². The number of rotatable bonds is 13. The van der Waals surface area contributed by atoms with Crippen molar-refractivity contribution in [1.82, 2.24) is 0 Å². The maximum atomic E-state index is 2.71. The van der Waals surface area contributed by atoms with Crippen LogP contribution in [0.3, 0.4) is 0 Å². The zero-order valence-electron chi connectivity index (χ0n) is 23.7. The zero-order chi connectivity index (χ0) is 25.4. The van der Waals surface area contributed by atoms with E-state index in [9.17, 15) is 0 Å². The van der Waals surface area contributed by atoms with Crippen molar-refractivity contribution in [2.45, 2.75) is 80.6 Å². The largest absolute Gasteiger partial charge is 0.0758 e. The van der Waals surface area contributed by atoms with Gasteiger partial charge in [-0.05, 0) is 92.8 Å². The smallest absolute Gasteiger partial charge is 0.00231 e. The fourth-order valence-corrected chi connectivity index (χ4v) is 14.5. The van der Waals surface area contributed by atoms with Crippen LogP contribution in [0.5, 0.6) is 0 Å². The Morgan fingerprint density at radius 3 is 1.35 bits per heavy atom. The van der Waals surface area contributed by atoms with Gasteiger partial charge in [-0.1, -0.05) is 125 Å². The summed E-state index contributed by atoms with van der Waals surface area (Å²) in [7, 11) is -0.521. The topological polar surface area (TPSA) is 0 Å². The molecule has 0 spiro atoms. The van der Waals surface area contributed by atoms with E-state index in [4.69, 9.17) is 0 Å². The lowest BCUT2D eigenvalue weighted by Crippen LogP contribution is -2.28. The molecule has 0 heterocycles. The molecule has 0 atom stereocenters. The Balaban J connectivity index is 3.02. The Hall–Kier alpha value is 0.160. The summed E-state index contributed by atoms with van der Waals surface area (Å²) in [6.45, 7) is 24.3. The van der Waals surface area contributed by atoms with Gasteiger partial charge in [0.25, 0.3) is 0 Å². The molecule has 0 saturated heterocycles. The van der Waals surface area contributed by atoms with Gasteiger partial charge in [-0.15, -0.1) is 0 Å². The van der Waals surface area contributed by atoms with Crippen molar-refractivity contribution in [3.05, 3.63) is 36.4 Å². The first kappa shape index (κ1) is 30.4. The second-order valence-corrected chi connectivity index (χ2v) is 21.4. The van der Waals surface area contributed by atoms with E-state index in [1.165, 1.54) is 37.0 Å². The van der Waals surface area contributed by atoms with Gasteiger partial charge in [0.1, 0.15) is 0 Å². The average Bonchev–Trinajstić information content (AvgIpc) is 2.81. The van der Waals surface area contributed by atoms with E-state index in [0.717, 1.165) is 0 Å². The van der Waals surface area contributed by atoms with Crippen LogP contribution in [-0.4, -0.2) is 48.3 Å². The van der Waals surface area contributed by atoms with Crippen LogP contribution < -0.4 is 21.2 Å². The van der Waals surface area contributed by atoms with Crippen LogP contribution in [0.25, 0.3) is 11.1 Å². The molecule has 0 amide bonds. The monoisotopic (exact) mass is 534 g/mol. The summed E-state index contributed by atoms with van der Waals surface area (Å²) in [6, 6.07) is 15.0. The van der Waals surface area contributed by atoms with Gasteiger partial charge < -0.3 is 0 Å². The highest BCUT2D eigenvalue weighted by molar-refractivity contribution is 7.69. The number of hydrogen-bond donors (Lipinski definition) is 0. The molecule has 0 aliphatic carbocycles. The van der Waals surface area contributed by atoms with E-state index in [1.54, 1.807) is 32.3 Å². The van der Waals surface area contributed by atoms with Crippen molar-refractivity contribution in [2.24, 2.45) is 0 Å². The molecular formula is C30H50P4. The van der Waals surface area contributed by atoms with E-state index in [2.05, 4.69) is 106 Å². The third-order valence-electron chi connectivity index (χ3n) is 6.98. The standard InChI is InChI=1S/C30H50P4/c1-11-31(12-2)25-21-28(32(13-3)14-4)30(29(22-25)33(15-5)16-6)26-19-17-18-20-27(26)34(23(7)8)24(9)10/h17-24H,11-16H2,1-10H3. The summed E-state index contributed by atoms with van der Waals surface area (Å²) >= 11 is 0. The molecule has 2 aromatic carbocycles. The molecule has 0 radical (unpaired) electrons. The van der Waals surface area contributed by atoms with Gasteiger partial charge in [0.2, 0.25) is 0 Å². The predicted octanol–water partition coefficient (Wildman–Crippen LogP) is 8.72. The molecule has 2 aromatic rings. The summed E-state index contributed by atoms with van der Waals surface area (Å²) in [5.41, 5.74) is 4.65. The molecule has 0 aliphatic heterocycles. The quantitative estimate of drug-likeness (QED) is 0.226. The molecular weight excluding hydrogens is 484 g/mol. The SMILES string of the molecule is CCP(CC)c1cc(P(CC)CC)c(-c2ccccc2P(C(C)C)C(C)C)c(P(CC)CC)c1. The Morgan fingerprint density at radius 1 is 0.559 bits per heavy atom. The summed E-state index contributed by atoms with van der Waals surface area (Å²) in [5.74, 6) is 0. The molecule has 2 rings (SSSR count). The first-order valence-corrected chi connectivity index (χ1v) is 20.2.